The lowest BCUT2D eigenvalue weighted by Gasteiger charge is -2.29. The summed E-state index contributed by atoms with van der Waals surface area (Å²) in [5.41, 5.74) is 8.25. The number of carbonyl (C=O) groups is 2. The summed E-state index contributed by atoms with van der Waals surface area (Å²) in [6.45, 7) is 10.2. The third-order valence-corrected chi connectivity index (χ3v) is 14.9. The van der Waals surface area contributed by atoms with Gasteiger partial charge in [0.2, 0.25) is 0 Å². The summed E-state index contributed by atoms with van der Waals surface area (Å²) in [7, 11) is 0. The molecule has 5 aromatic carbocycles. The van der Waals surface area contributed by atoms with E-state index in [1.807, 2.05) is 42.5 Å². The van der Waals surface area contributed by atoms with Crippen molar-refractivity contribution in [1.82, 2.24) is 0 Å². The molecule has 0 aliphatic heterocycles. The van der Waals surface area contributed by atoms with E-state index in [-0.39, 0.29) is 11.9 Å². The van der Waals surface area contributed by atoms with Crippen LogP contribution in [0, 0.1) is 23.2 Å². The normalized spacial score (nSPS) is 17.3. The van der Waals surface area contributed by atoms with Gasteiger partial charge in [-0.05, 0) is 209 Å². The van der Waals surface area contributed by atoms with E-state index in [2.05, 4.69) is 92.0 Å². The van der Waals surface area contributed by atoms with E-state index in [1.54, 1.807) is 0 Å². The van der Waals surface area contributed by atoms with E-state index >= 15 is 0 Å². The number of nitriles is 1. The van der Waals surface area contributed by atoms with Gasteiger partial charge in [-0.25, -0.2) is 9.59 Å². The minimum Gasteiger partial charge on any atom is -0.494 e. The van der Waals surface area contributed by atoms with Gasteiger partial charge in [0.15, 0.2) is 11.5 Å². The molecule has 0 heterocycles. The fraction of sp³-hybridized carbons (Fsp3) is 0.431. The number of hydrogen-bond donors (Lipinski definition) is 0. The van der Waals surface area contributed by atoms with Gasteiger partial charge in [0.1, 0.15) is 11.5 Å². The molecule has 5 aromatic rings. The highest BCUT2D eigenvalue weighted by Crippen LogP contribution is 2.40. The van der Waals surface area contributed by atoms with Crippen molar-refractivity contribution in [2.24, 2.45) is 11.8 Å². The van der Waals surface area contributed by atoms with Crippen molar-refractivity contribution in [3.8, 4) is 51.3 Å². The third-order valence-electron chi connectivity index (χ3n) is 14.9. The maximum Gasteiger partial charge on any atom is 0.330 e. The second-order valence-electron chi connectivity index (χ2n) is 20.0. The smallest absolute Gasteiger partial charge is 0.330 e. The molecule has 2 fully saturated rings. The van der Waals surface area contributed by atoms with Crippen molar-refractivity contribution in [2.75, 3.05) is 39.6 Å². The van der Waals surface area contributed by atoms with Gasteiger partial charge >= 0.3 is 11.9 Å². The number of hydrogen-bond acceptors (Lipinski definition) is 9. The number of nitrogens with zero attached hydrogens (tertiary/aromatic N) is 1. The molecular weight excluding hydrogens is 923 g/mol. The van der Waals surface area contributed by atoms with E-state index in [0.29, 0.717) is 68.7 Å². The van der Waals surface area contributed by atoms with Crippen LogP contribution in [-0.2, 0) is 19.1 Å². The van der Waals surface area contributed by atoms with Crippen molar-refractivity contribution in [3.05, 3.63) is 157 Å². The Bertz CT molecular complexity index is 2510. The predicted molar refractivity (Wildman–Crippen MR) is 295 cm³/mol. The Morgan fingerprint density at radius 1 is 0.446 bits per heavy atom. The molecule has 0 atom stereocenters. The molecule has 390 valence electrons. The van der Waals surface area contributed by atoms with Crippen LogP contribution in [0.25, 0.3) is 22.3 Å². The molecule has 0 bridgehead atoms. The molecular formula is C65H77NO8. The Kier molecular flexibility index (Phi) is 22.6. The third kappa shape index (κ3) is 18.0. The summed E-state index contributed by atoms with van der Waals surface area (Å²) in [5.74, 6) is 5.04. The van der Waals surface area contributed by atoms with Crippen LogP contribution in [-0.4, -0.2) is 51.6 Å². The molecule has 0 aromatic heterocycles. The van der Waals surface area contributed by atoms with Crippen LogP contribution in [0.4, 0.5) is 0 Å². The molecule has 7 rings (SSSR count). The Balaban J connectivity index is 0.741. The van der Waals surface area contributed by atoms with E-state index in [1.165, 1.54) is 96.9 Å². The second kappa shape index (κ2) is 30.4. The lowest BCUT2D eigenvalue weighted by molar-refractivity contribution is -0.138. The van der Waals surface area contributed by atoms with Crippen LogP contribution in [0.15, 0.2) is 141 Å². The first-order chi connectivity index (χ1) is 36.4. The monoisotopic (exact) mass is 1000 g/mol. The average Bonchev–Trinajstić information content (AvgIpc) is 3.45. The molecule has 9 heteroatoms. The Labute approximate surface area is 440 Å². The maximum absolute atomic E-state index is 11.1. The van der Waals surface area contributed by atoms with Crippen molar-refractivity contribution < 1.29 is 38.0 Å². The van der Waals surface area contributed by atoms with Gasteiger partial charge in [-0.3, -0.25) is 0 Å². The summed E-state index contributed by atoms with van der Waals surface area (Å²) in [5, 5.41) is 9.64. The highest BCUT2D eigenvalue weighted by Gasteiger charge is 2.24. The van der Waals surface area contributed by atoms with Crippen LogP contribution < -0.4 is 18.9 Å². The van der Waals surface area contributed by atoms with Gasteiger partial charge in [0.05, 0.1) is 51.3 Å². The van der Waals surface area contributed by atoms with E-state index in [0.717, 1.165) is 87.4 Å². The van der Waals surface area contributed by atoms with Gasteiger partial charge < -0.3 is 28.4 Å². The molecule has 2 saturated carbocycles. The predicted octanol–water partition coefficient (Wildman–Crippen LogP) is 15.7. The average molecular weight is 1000 g/mol. The molecule has 2 aliphatic carbocycles. The lowest BCUT2D eigenvalue weighted by Crippen LogP contribution is -2.14. The first-order valence-electron chi connectivity index (χ1n) is 27.4. The zero-order valence-corrected chi connectivity index (χ0v) is 43.5. The molecule has 0 radical (unpaired) electrons. The standard InChI is InChI=1S/C65H77NO8/c1-3-64(67)73-43-9-5-7-41-69-60-36-32-58(33-37-60)56-28-24-54(25-29-56)52-20-15-49(16-21-52)13-11-45-71-62-40-19-51(48-66)47-63(62)72-46-12-14-50-17-22-53(23-18-50)55-26-30-57(31-27-55)59-34-38-61(39-35-59)70-42-8-6-10-44-74-65(68)4-2/h3-4,19,24-40,47,49-50,52-53H,1-2,5-18,20-23,41-46H2/t49-,50-,52-,53-. The van der Waals surface area contributed by atoms with Crippen molar-refractivity contribution in [2.45, 2.75) is 127 Å². The number of carbonyl (C=O) groups excluding carboxylic acids is 2. The number of rotatable bonds is 30. The fourth-order valence-electron chi connectivity index (χ4n) is 10.5. The summed E-state index contributed by atoms with van der Waals surface area (Å²) in [6, 6.07) is 42.7. The van der Waals surface area contributed by atoms with Crippen LogP contribution in [0.2, 0.25) is 0 Å². The largest absolute Gasteiger partial charge is 0.494 e. The van der Waals surface area contributed by atoms with Crippen molar-refractivity contribution in [1.29, 1.82) is 5.26 Å². The molecule has 0 unspecified atom stereocenters. The van der Waals surface area contributed by atoms with Gasteiger partial charge in [-0.1, -0.05) is 86.0 Å². The molecule has 0 N–H and O–H groups in total. The number of ether oxygens (including phenoxy) is 6. The minimum absolute atomic E-state index is 0.372. The first-order valence-corrected chi connectivity index (χ1v) is 27.4. The molecule has 0 amide bonds. The molecule has 9 nitrogen and oxygen atoms in total. The topological polar surface area (TPSA) is 113 Å². The Morgan fingerprint density at radius 3 is 1.23 bits per heavy atom. The van der Waals surface area contributed by atoms with Crippen molar-refractivity contribution >= 4 is 11.9 Å². The van der Waals surface area contributed by atoms with Crippen LogP contribution in [0.1, 0.15) is 144 Å². The minimum atomic E-state index is -0.372. The van der Waals surface area contributed by atoms with E-state index in [4.69, 9.17) is 28.4 Å². The highest BCUT2D eigenvalue weighted by molar-refractivity contribution is 5.81. The summed E-state index contributed by atoms with van der Waals surface area (Å²) in [6.07, 6.45) is 21.8. The molecule has 2 aliphatic rings. The summed E-state index contributed by atoms with van der Waals surface area (Å²) < 4.78 is 34.5. The van der Waals surface area contributed by atoms with Gasteiger partial charge in [0, 0.05) is 18.2 Å². The fourth-order valence-corrected chi connectivity index (χ4v) is 10.5. The van der Waals surface area contributed by atoms with Gasteiger partial charge in [0.25, 0.3) is 0 Å². The number of esters is 2. The number of benzene rings is 5. The Hall–Kier alpha value is -6.79. The van der Waals surface area contributed by atoms with E-state index < -0.39 is 0 Å². The highest BCUT2D eigenvalue weighted by atomic mass is 16.5. The molecule has 0 spiro atoms. The SMILES string of the molecule is C=CC(=O)OCCCCCOc1ccc(-c2ccc([C@H]3CC[C@H](CCCOc4ccc(C#N)cc4OCCC[C@H]4CC[C@H](c5ccc(-c6ccc(OCCCCCOC(=O)C=C)cc6)cc5)CC4)CC3)cc2)cc1. The first kappa shape index (κ1) is 55.0. The maximum atomic E-state index is 11.1. The van der Waals surface area contributed by atoms with Gasteiger partial charge in [-0.2, -0.15) is 5.26 Å². The van der Waals surface area contributed by atoms with Crippen molar-refractivity contribution in [3.63, 3.8) is 0 Å². The summed E-state index contributed by atoms with van der Waals surface area (Å²) in [4.78, 5) is 22.3. The molecule has 74 heavy (non-hydrogen) atoms. The van der Waals surface area contributed by atoms with Gasteiger partial charge in [-0.15, -0.1) is 0 Å². The number of unbranched alkanes of at least 4 members (excludes halogenated alkanes) is 4. The lowest BCUT2D eigenvalue weighted by atomic mass is 9.77. The van der Waals surface area contributed by atoms with Crippen LogP contribution >= 0.6 is 0 Å². The summed E-state index contributed by atoms with van der Waals surface area (Å²) >= 11 is 0. The zero-order chi connectivity index (χ0) is 51.6. The second-order valence-corrected chi connectivity index (χ2v) is 20.0. The van der Waals surface area contributed by atoms with Crippen LogP contribution in [0.3, 0.4) is 0 Å². The Morgan fingerprint density at radius 2 is 0.824 bits per heavy atom. The quantitative estimate of drug-likeness (QED) is 0.0252. The zero-order valence-electron chi connectivity index (χ0n) is 43.5. The molecule has 0 saturated heterocycles. The van der Waals surface area contributed by atoms with E-state index in [9.17, 15) is 14.9 Å². The van der Waals surface area contributed by atoms with Crippen LogP contribution in [0.5, 0.6) is 23.0 Å².